The Bertz CT molecular complexity index is 1830. The van der Waals surface area contributed by atoms with Gasteiger partial charge in [0.05, 0.1) is 23.7 Å². The molecule has 5 rings (SSSR count). The molecule has 1 aromatic heterocycles. The molecule has 14 heteroatoms. The van der Waals surface area contributed by atoms with Crippen LogP contribution in [0.25, 0.3) is 11.1 Å². The number of halogens is 2. The van der Waals surface area contributed by atoms with Crippen molar-refractivity contribution in [3.63, 3.8) is 0 Å². The van der Waals surface area contributed by atoms with Crippen LogP contribution in [0.3, 0.4) is 0 Å². The average Bonchev–Trinajstić information content (AvgIpc) is 3.21. The van der Waals surface area contributed by atoms with Gasteiger partial charge in [-0.3, -0.25) is 23.5 Å². The summed E-state index contributed by atoms with van der Waals surface area (Å²) < 4.78 is 22.0. The number of hydrogen-bond donors (Lipinski definition) is 2. The Labute approximate surface area is 276 Å². The number of carbonyl (C=O) groups is 3. The molecule has 0 unspecified atom stereocenters. The number of nitrogens with zero attached hydrogens (tertiary/aromatic N) is 4. The van der Waals surface area contributed by atoms with Gasteiger partial charge in [-0.05, 0) is 62.9 Å². The molecule has 12 nitrogen and oxygen atoms in total. The SMILES string of the molecule is COc1ccc2c(c1)CCN(C1CCN(C(=O)Cn3c(C)c(-c4cccc(F)c4Cl)c(=O)n([C@@H](C)CNC(C)=O)c3=O)CC1)C(=O)N2. The fourth-order valence-electron chi connectivity index (χ4n) is 6.30. The number of urea groups is 1. The lowest BCUT2D eigenvalue weighted by molar-refractivity contribution is -0.133. The third-order valence-electron chi connectivity index (χ3n) is 8.93. The van der Waals surface area contributed by atoms with Crippen LogP contribution in [0.4, 0.5) is 14.9 Å². The smallest absolute Gasteiger partial charge is 0.332 e. The first-order valence-corrected chi connectivity index (χ1v) is 15.9. The largest absolute Gasteiger partial charge is 0.497 e. The van der Waals surface area contributed by atoms with E-state index < -0.39 is 23.1 Å². The number of anilines is 1. The maximum atomic E-state index is 14.5. The van der Waals surface area contributed by atoms with Crippen molar-refractivity contribution in [3.8, 4) is 16.9 Å². The lowest BCUT2D eigenvalue weighted by Crippen LogP contribution is -2.51. The molecule has 3 heterocycles. The fraction of sp³-hybridized carbons (Fsp3) is 0.424. The number of piperidine rings is 1. The van der Waals surface area contributed by atoms with Crippen LogP contribution in [-0.4, -0.2) is 76.1 Å². The molecule has 0 spiro atoms. The van der Waals surface area contributed by atoms with E-state index in [2.05, 4.69) is 10.6 Å². The fourth-order valence-corrected chi connectivity index (χ4v) is 6.52. The van der Waals surface area contributed by atoms with Gasteiger partial charge in [0.25, 0.3) is 5.56 Å². The molecule has 250 valence electrons. The summed E-state index contributed by atoms with van der Waals surface area (Å²) in [7, 11) is 1.60. The molecule has 3 aromatic rings. The van der Waals surface area contributed by atoms with E-state index in [4.69, 9.17) is 16.3 Å². The minimum atomic E-state index is -0.783. The van der Waals surface area contributed by atoms with E-state index in [9.17, 15) is 28.4 Å². The first-order chi connectivity index (χ1) is 22.4. The first kappa shape index (κ1) is 33.7. The molecule has 0 saturated carbocycles. The van der Waals surface area contributed by atoms with E-state index in [0.717, 1.165) is 27.6 Å². The van der Waals surface area contributed by atoms with Crippen molar-refractivity contribution in [2.45, 2.75) is 58.7 Å². The Morgan fingerprint density at radius 2 is 1.85 bits per heavy atom. The molecule has 4 amide bonds. The van der Waals surface area contributed by atoms with Crippen molar-refractivity contribution in [2.24, 2.45) is 0 Å². The van der Waals surface area contributed by atoms with Crippen LogP contribution in [0.2, 0.25) is 5.02 Å². The lowest BCUT2D eigenvalue weighted by atomic mass is 10.0. The molecule has 47 heavy (non-hydrogen) atoms. The summed E-state index contributed by atoms with van der Waals surface area (Å²) in [5.74, 6) is -0.702. The van der Waals surface area contributed by atoms with Crippen LogP contribution in [0.1, 0.15) is 44.0 Å². The highest BCUT2D eigenvalue weighted by molar-refractivity contribution is 6.33. The molecule has 0 bridgehead atoms. The number of methoxy groups -OCH3 is 1. The second-order valence-corrected chi connectivity index (χ2v) is 12.3. The number of amides is 4. The first-order valence-electron chi connectivity index (χ1n) is 15.5. The quantitative estimate of drug-likeness (QED) is 0.377. The number of nitrogens with one attached hydrogen (secondary N) is 2. The zero-order chi connectivity index (χ0) is 34.0. The molecule has 1 atom stereocenters. The van der Waals surface area contributed by atoms with Gasteiger partial charge in [-0.15, -0.1) is 0 Å². The van der Waals surface area contributed by atoms with Crippen molar-refractivity contribution in [1.82, 2.24) is 24.3 Å². The number of carbonyl (C=O) groups excluding carboxylic acids is 3. The summed E-state index contributed by atoms with van der Waals surface area (Å²) in [6.07, 6.45) is 1.74. The van der Waals surface area contributed by atoms with E-state index >= 15 is 0 Å². The maximum Gasteiger partial charge on any atom is 0.332 e. The zero-order valence-corrected chi connectivity index (χ0v) is 27.5. The lowest BCUT2D eigenvalue weighted by Gasteiger charge is -2.38. The van der Waals surface area contributed by atoms with Crippen LogP contribution in [0.15, 0.2) is 46.0 Å². The topological polar surface area (TPSA) is 135 Å². The average molecular weight is 669 g/mol. The summed E-state index contributed by atoms with van der Waals surface area (Å²) in [6.45, 7) is 5.29. The Kier molecular flexibility index (Phi) is 10.0. The van der Waals surface area contributed by atoms with Gasteiger partial charge < -0.3 is 25.2 Å². The van der Waals surface area contributed by atoms with Crippen LogP contribution in [0.5, 0.6) is 5.75 Å². The minimum absolute atomic E-state index is 0.0129. The molecule has 1 saturated heterocycles. The monoisotopic (exact) mass is 668 g/mol. The molecule has 2 aliphatic rings. The van der Waals surface area contributed by atoms with E-state index in [1.807, 2.05) is 17.0 Å². The number of ether oxygens (including phenoxy) is 1. The Morgan fingerprint density at radius 3 is 2.53 bits per heavy atom. The number of rotatable bonds is 8. The summed E-state index contributed by atoms with van der Waals surface area (Å²) in [6, 6.07) is 8.54. The van der Waals surface area contributed by atoms with Crippen LogP contribution < -0.4 is 26.6 Å². The second kappa shape index (κ2) is 14.0. The highest BCUT2D eigenvalue weighted by atomic mass is 35.5. The molecule has 2 N–H and O–H groups in total. The Balaban J connectivity index is 1.37. The van der Waals surface area contributed by atoms with Crippen LogP contribution in [-0.2, 0) is 22.6 Å². The van der Waals surface area contributed by atoms with Gasteiger partial charge in [0.15, 0.2) is 0 Å². The van der Waals surface area contributed by atoms with Gasteiger partial charge in [-0.2, -0.15) is 0 Å². The van der Waals surface area contributed by atoms with Gasteiger partial charge in [-0.25, -0.2) is 14.0 Å². The normalized spacial score (nSPS) is 15.8. The van der Waals surface area contributed by atoms with E-state index in [-0.39, 0.29) is 58.8 Å². The number of aromatic nitrogens is 2. The summed E-state index contributed by atoms with van der Waals surface area (Å²) in [5, 5.41) is 5.31. The zero-order valence-electron chi connectivity index (χ0n) is 26.8. The predicted molar refractivity (Wildman–Crippen MR) is 176 cm³/mol. The summed E-state index contributed by atoms with van der Waals surface area (Å²) >= 11 is 6.28. The van der Waals surface area contributed by atoms with Gasteiger partial charge >= 0.3 is 11.7 Å². The van der Waals surface area contributed by atoms with Crippen molar-refractivity contribution < 1.29 is 23.5 Å². The standard InChI is InChI=1S/C33H38ClFN6O6/c1-19(17-36-21(3)42)41-31(44)29(25-6-5-7-26(35)30(25)34)20(2)40(33(41)46)18-28(43)38-13-11-23(12-14-38)39-15-10-22-16-24(47-4)8-9-27(22)37-32(39)45/h5-9,16,19,23H,10-15,17-18H2,1-4H3,(H,36,42)(H,37,45)/t19-/m0/s1. The van der Waals surface area contributed by atoms with Gasteiger partial charge in [0.1, 0.15) is 18.1 Å². The molecule has 1 fully saturated rings. The highest BCUT2D eigenvalue weighted by Gasteiger charge is 2.32. The molecule has 2 aliphatic heterocycles. The van der Waals surface area contributed by atoms with Gasteiger partial charge in [0.2, 0.25) is 11.8 Å². The van der Waals surface area contributed by atoms with E-state index in [0.29, 0.717) is 38.9 Å². The molecular formula is C33H38ClFN6O6. The third kappa shape index (κ3) is 6.90. The maximum absolute atomic E-state index is 14.5. The second-order valence-electron chi connectivity index (χ2n) is 11.9. The number of fused-ring (bicyclic) bond motifs is 1. The van der Waals surface area contributed by atoms with Crippen LogP contribution in [0, 0.1) is 12.7 Å². The van der Waals surface area contributed by atoms with Crippen molar-refractivity contribution >= 4 is 35.1 Å². The number of hydrogen-bond acceptors (Lipinski definition) is 6. The number of likely N-dealkylation sites (tertiary alicyclic amines) is 1. The molecule has 2 aromatic carbocycles. The van der Waals surface area contributed by atoms with Gasteiger partial charge in [0, 0.05) is 56.1 Å². The van der Waals surface area contributed by atoms with E-state index in [1.165, 1.54) is 30.5 Å². The number of benzene rings is 2. The van der Waals surface area contributed by atoms with Crippen molar-refractivity contribution in [2.75, 3.05) is 38.6 Å². The van der Waals surface area contributed by atoms with E-state index in [1.54, 1.807) is 25.0 Å². The predicted octanol–water partition coefficient (Wildman–Crippen LogP) is 3.56. The summed E-state index contributed by atoms with van der Waals surface area (Å²) in [5.41, 5.74) is 0.532. The van der Waals surface area contributed by atoms with Crippen molar-refractivity contribution in [3.05, 3.63) is 79.3 Å². The van der Waals surface area contributed by atoms with Crippen molar-refractivity contribution in [1.29, 1.82) is 0 Å². The Hall–Kier alpha value is -4.65. The minimum Gasteiger partial charge on any atom is -0.497 e. The van der Waals surface area contributed by atoms with Gasteiger partial charge in [-0.1, -0.05) is 23.7 Å². The third-order valence-corrected chi connectivity index (χ3v) is 9.32. The molecule has 0 aliphatic carbocycles. The molecular weight excluding hydrogens is 631 g/mol. The Morgan fingerprint density at radius 1 is 1.13 bits per heavy atom. The highest BCUT2D eigenvalue weighted by Crippen LogP contribution is 2.30. The summed E-state index contributed by atoms with van der Waals surface area (Å²) in [4.78, 5) is 69.4. The molecule has 0 radical (unpaired) electrons. The van der Waals surface area contributed by atoms with Crippen LogP contribution >= 0.6 is 11.6 Å².